The Bertz CT molecular complexity index is 257. The van der Waals surface area contributed by atoms with Crippen molar-refractivity contribution in [3.05, 3.63) is 0 Å². The molecule has 1 atom stereocenters. The van der Waals surface area contributed by atoms with E-state index in [4.69, 9.17) is 9.84 Å². The van der Waals surface area contributed by atoms with E-state index in [2.05, 4.69) is 5.32 Å². The van der Waals surface area contributed by atoms with Gasteiger partial charge in [0.05, 0.1) is 6.54 Å². The first-order valence-corrected chi connectivity index (χ1v) is 5.37. The van der Waals surface area contributed by atoms with Gasteiger partial charge in [0.25, 0.3) is 0 Å². The van der Waals surface area contributed by atoms with Crippen LogP contribution in [0.5, 0.6) is 0 Å². The Morgan fingerprint density at radius 2 is 2.38 bits per heavy atom. The molecule has 0 aromatic rings. The Kier molecular flexibility index (Phi) is 5.21. The predicted molar refractivity (Wildman–Crippen MR) is 57.1 cm³/mol. The van der Waals surface area contributed by atoms with E-state index in [1.807, 2.05) is 0 Å². The maximum absolute atomic E-state index is 11.2. The number of hydrogen-bond acceptors (Lipinski definition) is 4. The second kappa shape index (κ2) is 6.44. The number of hydrogen-bond donors (Lipinski definition) is 2. The molecule has 1 aliphatic rings. The van der Waals surface area contributed by atoms with Crippen LogP contribution in [0.1, 0.15) is 12.8 Å². The van der Waals surface area contributed by atoms with Crippen molar-refractivity contribution >= 4 is 11.9 Å². The molecule has 16 heavy (non-hydrogen) atoms. The lowest BCUT2D eigenvalue weighted by molar-refractivity contribution is -0.146. The largest absolute Gasteiger partial charge is 0.480 e. The summed E-state index contributed by atoms with van der Waals surface area (Å²) in [6, 6.07) is -0.597. The minimum Gasteiger partial charge on any atom is -0.480 e. The molecule has 1 amide bonds. The maximum Gasteiger partial charge on any atom is 0.322 e. The Morgan fingerprint density at radius 3 is 3.00 bits per heavy atom. The Hall–Kier alpha value is -1.14. The van der Waals surface area contributed by atoms with E-state index in [9.17, 15) is 9.59 Å². The zero-order chi connectivity index (χ0) is 12.0. The number of amides is 1. The summed E-state index contributed by atoms with van der Waals surface area (Å²) in [6.45, 7) is 1.65. The number of aliphatic carboxylic acids is 1. The number of unbranched alkanes of at least 4 members (excludes halogenated alkanes) is 1. The number of rotatable bonds is 6. The van der Waals surface area contributed by atoms with Gasteiger partial charge in [-0.1, -0.05) is 0 Å². The zero-order valence-corrected chi connectivity index (χ0v) is 9.44. The van der Waals surface area contributed by atoms with Crippen LogP contribution in [-0.4, -0.2) is 61.3 Å². The average molecular weight is 230 g/mol. The van der Waals surface area contributed by atoms with Gasteiger partial charge in [0.1, 0.15) is 6.04 Å². The standard InChI is InChI=1S/C10H18N2O4/c1-16-5-3-2-4-12-7-9(13)11-6-8(12)10(14)15/h8H,2-7H2,1H3,(H,11,13)(H,14,15). The predicted octanol–water partition coefficient (Wildman–Crippen LogP) is -0.702. The number of nitrogens with zero attached hydrogens (tertiary/aromatic N) is 1. The summed E-state index contributed by atoms with van der Waals surface area (Å²) in [7, 11) is 1.63. The van der Waals surface area contributed by atoms with Gasteiger partial charge >= 0.3 is 5.97 Å². The van der Waals surface area contributed by atoms with Crippen molar-refractivity contribution in [1.82, 2.24) is 10.2 Å². The van der Waals surface area contributed by atoms with Crippen LogP contribution in [0, 0.1) is 0 Å². The van der Waals surface area contributed by atoms with E-state index in [1.165, 1.54) is 0 Å². The van der Waals surface area contributed by atoms with Gasteiger partial charge in [-0.2, -0.15) is 0 Å². The first kappa shape index (κ1) is 12.9. The van der Waals surface area contributed by atoms with Gasteiger partial charge in [-0.15, -0.1) is 0 Å². The molecule has 1 rings (SSSR count). The van der Waals surface area contributed by atoms with Crippen molar-refractivity contribution in [1.29, 1.82) is 0 Å². The van der Waals surface area contributed by atoms with Gasteiger partial charge < -0.3 is 15.2 Å². The summed E-state index contributed by atoms with van der Waals surface area (Å²) in [5.74, 6) is -0.990. The monoisotopic (exact) mass is 230 g/mol. The van der Waals surface area contributed by atoms with Gasteiger partial charge in [-0.25, -0.2) is 0 Å². The molecule has 1 heterocycles. The molecule has 2 N–H and O–H groups in total. The van der Waals surface area contributed by atoms with Crippen molar-refractivity contribution in [2.24, 2.45) is 0 Å². The summed E-state index contributed by atoms with van der Waals surface area (Å²) in [5.41, 5.74) is 0. The normalized spacial score (nSPS) is 21.8. The van der Waals surface area contributed by atoms with Crippen LogP contribution in [0.3, 0.4) is 0 Å². The lowest BCUT2D eigenvalue weighted by Gasteiger charge is -2.32. The lowest BCUT2D eigenvalue weighted by atomic mass is 10.1. The zero-order valence-electron chi connectivity index (χ0n) is 9.44. The number of carboxylic acids is 1. The molecule has 1 unspecified atom stereocenters. The Morgan fingerprint density at radius 1 is 1.62 bits per heavy atom. The van der Waals surface area contributed by atoms with E-state index >= 15 is 0 Å². The smallest absolute Gasteiger partial charge is 0.322 e. The molecule has 0 aromatic heterocycles. The molecule has 0 aliphatic carbocycles. The van der Waals surface area contributed by atoms with Gasteiger partial charge in [0, 0.05) is 20.3 Å². The van der Waals surface area contributed by atoms with Crippen LogP contribution in [0.4, 0.5) is 0 Å². The summed E-state index contributed by atoms with van der Waals surface area (Å²) >= 11 is 0. The van der Waals surface area contributed by atoms with Gasteiger partial charge in [0.15, 0.2) is 0 Å². The quantitative estimate of drug-likeness (QED) is 0.590. The number of carbonyl (C=O) groups excluding carboxylic acids is 1. The first-order chi connectivity index (χ1) is 7.65. The summed E-state index contributed by atoms with van der Waals surface area (Å²) in [5, 5.41) is 11.5. The van der Waals surface area contributed by atoms with E-state index in [0.29, 0.717) is 13.2 Å². The van der Waals surface area contributed by atoms with Crippen molar-refractivity contribution in [3.8, 4) is 0 Å². The van der Waals surface area contributed by atoms with Gasteiger partial charge in [-0.3, -0.25) is 14.5 Å². The summed E-state index contributed by atoms with van der Waals surface area (Å²) in [4.78, 5) is 23.8. The third kappa shape index (κ3) is 3.79. The highest BCUT2D eigenvalue weighted by Crippen LogP contribution is 2.06. The number of carbonyl (C=O) groups is 2. The first-order valence-electron chi connectivity index (χ1n) is 5.37. The van der Waals surface area contributed by atoms with Crippen LogP contribution in [0.15, 0.2) is 0 Å². The molecule has 92 valence electrons. The number of methoxy groups -OCH3 is 1. The second-order valence-corrected chi connectivity index (χ2v) is 3.83. The average Bonchev–Trinajstić information content (AvgIpc) is 2.24. The van der Waals surface area contributed by atoms with Crippen LogP contribution in [-0.2, 0) is 14.3 Å². The van der Waals surface area contributed by atoms with E-state index in [0.717, 1.165) is 12.8 Å². The molecule has 0 aromatic carbocycles. The van der Waals surface area contributed by atoms with Crippen LogP contribution in [0.2, 0.25) is 0 Å². The Labute approximate surface area is 94.6 Å². The molecule has 6 nitrogen and oxygen atoms in total. The van der Waals surface area contributed by atoms with E-state index in [-0.39, 0.29) is 19.0 Å². The second-order valence-electron chi connectivity index (χ2n) is 3.83. The van der Waals surface area contributed by atoms with Crippen molar-refractivity contribution in [2.75, 3.05) is 33.4 Å². The molecular formula is C10H18N2O4. The highest BCUT2D eigenvalue weighted by molar-refractivity contribution is 5.83. The molecular weight excluding hydrogens is 212 g/mol. The highest BCUT2D eigenvalue weighted by atomic mass is 16.5. The number of ether oxygens (including phenoxy) is 1. The minimum atomic E-state index is -0.883. The fraction of sp³-hybridized carbons (Fsp3) is 0.800. The van der Waals surface area contributed by atoms with Crippen molar-refractivity contribution < 1.29 is 19.4 Å². The summed E-state index contributed by atoms with van der Waals surface area (Å²) in [6.07, 6.45) is 1.71. The van der Waals surface area contributed by atoms with Crippen LogP contribution < -0.4 is 5.32 Å². The number of piperazine rings is 1. The third-order valence-electron chi connectivity index (χ3n) is 2.61. The molecule has 0 radical (unpaired) electrons. The SMILES string of the molecule is COCCCCN1CC(=O)NCC1C(=O)O. The minimum absolute atomic E-state index is 0.107. The van der Waals surface area contributed by atoms with E-state index in [1.54, 1.807) is 12.0 Å². The van der Waals surface area contributed by atoms with Crippen molar-refractivity contribution in [3.63, 3.8) is 0 Å². The lowest BCUT2D eigenvalue weighted by Crippen LogP contribution is -2.57. The molecule has 1 saturated heterocycles. The van der Waals surface area contributed by atoms with Crippen molar-refractivity contribution in [2.45, 2.75) is 18.9 Å². The molecule has 0 bridgehead atoms. The Balaban J connectivity index is 2.38. The molecule has 1 fully saturated rings. The number of carboxylic acid groups (broad SMARTS) is 1. The topological polar surface area (TPSA) is 78.9 Å². The number of nitrogens with one attached hydrogen (secondary N) is 1. The summed E-state index contributed by atoms with van der Waals surface area (Å²) < 4.78 is 4.91. The maximum atomic E-state index is 11.2. The molecule has 6 heteroatoms. The fourth-order valence-corrected chi connectivity index (χ4v) is 1.73. The van der Waals surface area contributed by atoms with Crippen LogP contribution in [0.25, 0.3) is 0 Å². The highest BCUT2D eigenvalue weighted by Gasteiger charge is 2.31. The molecule has 0 spiro atoms. The van der Waals surface area contributed by atoms with Crippen LogP contribution >= 0.6 is 0 Å². The molecule has 1 aliphatic heterocycles. The van der Waals surface area contributed by atoms with Gasteiger partial charge in [0.2, 0.25) is 5.91 Å². The van der Waals surface area contributed by atoms with Gasteiger partial charge in [-0.05, 0) is 19.4 Å². The third-order valence-corrected chi connectivity index (χ3v) is 2.61. The van der Waals surface area contributed by atoms with E-state index < -0.39 is 12.0 Å². The molecule has 0 saturated carbocycles. The fourth-order valence-electron chi connectivity index (χ4n) is 1.73.